The molecule has 0 saturated heterocycles. The average molecular weight is 338 g/mol. The summed E-state index contributed by atoms with van der Waals surface area (Å²) >= 11 is 4.85. The highest BCUT2D eigenvalue weighted by molar-refractivity contribution is 9.10. The predicted molar refractivity (Wildman–Crippen MR) is 79.4 cm³/mol. The molecule has 2 aromatic heterocycles. The van der Waals surface area contributed by atoms with Crippen LogP contribution in [0.25, 0.3) is 21.7 Å². The normalized spacial score (nSPS) is 10.8. The molecular weight excluding hydrogens is 329 g/mol. The number of nitrogens with two attached hydrogens (primary N) is 1. The fraction of sp³-hybridized carbons (Fsp3) is 0. The molecule has 3 rings (SSSR count). The van der Waals surface area contributed by atoms with E-state index in [9.17, 15) is 4.39 Å². The standard InChI is InChI=1S/C13H9BrFN3S/c14-8-4-7(5-9(15)6-8)12-11(13(16)18-17-12)10-2-1-3-19-10/h1-6H,(H3,16,17,18). The van der Waals surface area contributed by atoms with Gasteiger partial charge in [0.05, 0.1) is 11.3 Å². The molecule has 0 saturated carbocycles. The zero-order valence-electron chi connectivity index (χ0n) is 9.65. The third kappa shape index (κ3) is 2.29. The monoisotopic (exact) mass is 337 g/mol. The first-order valence-corrected chi connectivity index (χ1v) is 7.16. The molecular formula is C13H9BrFN3S. The lowest BCUT2D eigenvalue weighted by molar-refractivity contribution is 0.627. The number of nitrogens with zero attached hydrogens (tertiary/aromatic N) is 1. The maximum absolute atomic E-state index is 13.5. The second-order valence-corrected chi connectivity index (χ2v) is 5.86. The van der Waals surface area contributed by atoms with Crippen molar-refractivity contribution in [1.29, 1.82) is 0 Å². The van der Waals surface area contributed by atoms with Crippen LogP contribution < -0.4 is 5.73 Å². The quantitative estimate of drug-likeness (QED) is 0.732. The lowest BCUT2D eigenvalue weighted by Gasteiger charge is -2.03. The number of hydrogen-bond donors (Lipinski definition) is 2. The first kappa shape index (κ1) is 12.4. The van der Waals surface area contributed by atoms with Gasteiger partial charge in [0, 0.05) is 14.9 Å². The Labute approximate surface area is 121 Å². The van der Waals surface area contributed by atoms with E-state index in [1.807, 2.05) is 23.6 Å². The van der Waals surface area contributed by atoms with Crippen molar-refractivity contribution in [3.63, 3.8) is 0 Å². The van der Waals surface area contributed by atoms with Crippen LogP contribution in [0.15, 0.2) is 40.2 Å². The predicted octanol–water partition coefficient (Wildman–Crippen LogP) is 4.29. The van der Waals surface area contributed by atoms with Crippen LogP contribution in [-0.4, -0.2) is 10.2 Å². The van der Waals surface area contributed by atoms with Gasteiger partial charge in [0.1, 0.15) is 5.82 Å². The topological polar surface area (TPSA) is 54.7 Å². The van der Waals surface area contributed by atoms with Crippen LogP contribution in [0.3, 0.4) is 0 Å². The number of H-pyrrole nitrogens is 1. The molecule has 0 amide bonds. The van der Waals surface area contributed by atoms with Crippen LogP contribution in [0.4, 0.5) is 10.2 Å². The van der Waals surface area contributed by atoms with E-state index < -0.39 is 0 Å². The summed E-state index contributed by atoms with van der Waals surface area (Å²) < 4.78 is 14.2. The third-order valence-corrected chi connectivity index (χ3v) is 4.06. The summed E-state index contributed by atoms with van der Waals surface area (Å²) in [5.74, 6) is 0.104. The van der Waals surface area contributed by atoms with Gasteiger partial charge in [-0.25, -0.2) is 4.39 Å². The van der Waals surface area contributed by atoms with Crippen LogP contribution in [0.5, 0.6) is 0 Å². The molecule has 0 aliphatic carbocycles. The van der Waals surface area contributed by atoms with E-state index in [-0.39, 0.29) is 5.82 Å². The number of anilines is 1. The van der Waals surface area contributed by atoms with Crippen molar-refractivity contribution in [3.05, 3.63) is 46.0 Å². The Morgan fingerprint density at radius 1 is 1.32 bits per heavy atom. The molecule has 96 valence electrons. The van der Waals surface area contributed by atoms with E-state index in [2.05, 4.69) is 26.1 Å². The lowest BCUT2D eigenvalue weighted by Crippen LogP contribution is -1.87. The second kappa shape index (κ2) is 4.79. The van der Waals surface area contributed by atoms with Crippen LogP contribution in [0, 0.1) is 5.82 Å². The molecule has 3 N–H and O–H groups in total. The molecule has 6 heteroatoms. The minimum atomic E-state index is -0.310. The van der Waals surface area contributed by atoms with Crippen molar-refractivity contribution in [2.45, 2.75) is 0 Å². The SMILES string of the molecule is Nc1n[nH]c(-c2cc(F)cc(Br)c2)c1-c1cccs1. The van der Waals surface area contributed by atoms with Gasteiger partial charge in [-0.05, 0) is 29.6 Å². The Morgan fingerprint density at radius 2 is 2.16 bits per heavy atom. The van der Waals surface area contributed by atoms with Crippen molar-refractivity contribution < 1.29 is 4.39 Å². The molecule has 0 aliphatic heterocycles. The van der Waals surface area contributed by atoms with E-state index in [0.717, 1.165) is 16.1 Å². The first-order valence-electron chi connectivity index (χ1n) is 5.49. The molecule has 2 heterocycles. The van der Waals surface area contributed by atoms with E-state index >= 15 is 0 Å². The third-order valence-electron chi connectivity index (χ3n) is 2.71. The van der Waals surface area contributed by atoms with Gasteiger partial charge in [0.15, 0.2) is 5.82 Å². The first-order chi connectivity index (χ1) is 9.15. The fourth-order valence-electron chi connectivity index (χ4n) is 1.93. The highest BCUT2D eigenvalue weighted by Crippen LogP contribution is 2.37. The van der Waals surface area contributed by atoms with E-state index in [4.69, 9.17) is 5.73 Å². The summed E-state index contributed by atoms with van der Waals surface area (Å²) in [7, 11) is 0. The number of thiophene rings is 1. The van der Waals surface area contributed by atoms with Gasteiger partial charge >= 0.3 is 0 Å². The summed E-state index contributed by atoms with van der Waals surface area (Å²) in [6, 6.07) is 8.59. The average Bonchev–Trinajstić information content (AvgIpc) is 2.96. The minimum Gasteiger partial charge on any atom is -0.382 e. The zero-order chi connectivity index (χ0) is 13.4. The van der Waals surface area contributed by atoms with Crippen LogP contribution in [0.1, 0.15) is 0 Å². The van der Waals surface area contributed by atoms with Crippen LogP contribution >= 0.6 is 27.3 Å². The van der Waals surface area contributed by atoms with Gasteiger partial charge in [-0.2, -0.15) is 5.10 Å². The van der Waals surface area contributed by atoms with Crippen LogP contribution in [-0.2, 0) is 0 Å². The van der Waals surface area contributed by atoms with Gasteiger partial charge in [-0.15, -0.1) is 11.3 Å². The summed E-state index contributed by atoms with van der Waals surface area (Å²) in [5.41, 5.74) is 8.15. The van der Waals surface area contributed by atoms with Crippen molar-refractivity contribution in [1.82, 2.24) is 10.2 Å². The second-order valence-electron chi connectivity index (χ2n) is 3.99. The Morgan fingerprint density at radius 3 is 2.84 bits per heavy atom. The maximum atomic E-state index is 13.5. The number of aromatic nitrogens is 2. The smallest absolute Gasteiger partial charge is 0.154 e. The number of nitrogen functional groups attached to an aromatic ring is 1. The number of halogens is 2. The van der Waals surface area contributed by atoms with E-state index in [1.165, 1.54) is 12.1 Å². The largest absolute Gasteiger partial charge is 0.382 e. The van der Waals surface area contributed by atoms with Crippen LogP contribution in [0.2, 0.25) is 0 Å². The van der Waals surface area contributed by atoms with E-state index in [0.29, 0.717) is 15.9 Å². The Kier molecular flexibility index (Phi) is 3.12. The minimum absolute atomic E-state index is 0.310. The molecule has 0 fully saturated rings. The zero-order valence-corrected chi connectivity index (χ0v) is 12.1. The number of nitrogens with one attached hydrogen (secondary N) is 1. The highest BCUT2D eigenvalue weighted by atomic mass is 79.9. The molecule has 0 bridgehead atoms. The highest BCUT2D eigenvalue weighted by Gasteiger charge is 2.16. The molecule has 0 spiro atoms. The molecule has 0 atom stereocenters. The van der Waals surface area contributed by atoms with Crippen molar-refractivity contribution >= 4 is 33.1 Å². The lowest BCUT2D eigenvalue weighted by atomic mass is 10.1. The molecule has 0 unspecified atom stereocenters. The molecule has 3 nitrogen and oxygen atoms in total. The number of rotatable bonds is 2. The Hall–Kier alpha value is -1.66. The fourth-order valence-corrected chi connectivity index (χ4v) is 3.18. The van der Waals surface area contributed by atoms with Crippen molar-refractivity contribution in [2.24, 2.45) is 0 Å². The Bertz CT molecular complexity index is 701. The van der Waals surface area contributed by atoms with Gasteiger partial charge in [-0.1, -0.05) is 22.0 Å². The van der Waals surface area contributed by atoms with Gasteiger partial charge in [0.2, 0.25) is 0 Å². The number of benzene rings is 1. The summed E-state index contributed by atoms with van der Waals surface area (Å²) in [5, 5.41) is 8.87. The molecule has 1 aromatic carbocycles. The van der Waals surface area contributed by atoms with Crippen molar-refractivity contribution in [3.8, 4) is 21.7 Å². The van der Waals surface area contributed by atoms with Crippen molar-refractivity contribution in [2.75, 3.05) is 5.73 Å². The molecule has 0 radical (unpaired) electrons. The van der Waals surface area contributed by atoms with E-state index in [1.54, 1.807) is 11.3 Å². The summed E-state index contributed by atoms with van der Waals surface area (Å²) in [6.45, 7) is 0. The number of aromatic amines is 1. The molecule has 0 aliphatic rings. The molecule has 3 aromatic rings. The Balaban J connectivity index is 2.21. The molecule has 19 heavy (non-hydrogen) atoms. The van der Waals surface area contributed by atoms with Gasteiger partial charge in [0.25, 0.3) is 0 Å². The van der Waals surface area contributed by atoms with Gasteiger partial charge in [-0.3, -0.25) is 5.10 Å². The summed E-state index contributed by atoms with van der Waals surface area (Å²) in [6.07, 6.45) is 0. The maximum Gasteiger partial charge on any atom is 0.154 e. The van der Waals surface area contributed by atoms with Gasteiger partial charge < -0.3 is 5.73 Å². The summed E-state index contributed by atoms with van der Waals surface area (Å²) in [4.78, 5) is 1.00. The number of hydrogen-bond acceptors (Lipinski definition) is 3.